The molecule has 0 saturated heterocycles. The predicted octanol–water partition coefficient (Wildman–Crippen LogP) is 2.06. The average molecular weight is 224 g/mol. The summed E-state index contributed by atoms with van der Waals surface area (Å²) in [5, 5.41) is 2.92. The van der Waals surface area contributed by atoms with Crippen LogP contribution in [0.2, 0.25) is 0 Å². The molecule has 88 valence electrons. The van der Waals surface area contributed by atoms with E-state index in [1.807, 2.05) is 0 Å². The number of rotatable bonds is 2. The van der Waals surface area contributed by atoms with Gasteiger partial charge in [-0.25, -0.2) is 9.18 Å². The first-order chi connectivity index (χ1) is 7.70. The molecule has 1 aliphatic heterocycles. The van der Waals surface area contributed by atoms with Gasteiger partial charge in [0.1, 0.15) is 5.83 Å². The van der Waals surface area contributed by atoms with E-state index >= 15 is 0 Å². The van der Waals surface area contributed by atoms with Crippen LogP contribution in [0.4, 0.5) is 9.18 Å². The highest BCUT2D eigenvalue weighted by Crippen LogP contribution is 2.70. The summed E-state index contributed by atoms with van der Waals surface area (Å²) in [6.45, 7) is 1.55. The van der Waals surface area contributed by atoms with Gasteiger partial charge in [0.2, 0.25) is 0 Å². The number of carbonyl (C=O) groups is 1. The molecule has 3 rings (SSSR count). The third-order valence-electron chi connectivity index (χ3n) is 4.14. The van der Waals surface area contributed by atoms with E-state index < -0.39 is 0 Å². The maximum Gasteiger partial charge on any atom is 0.317 e. The standard InChI is InChI=1S/C12H17FN2O/c13-10-2-1-5-15(8-10)11(16)14-7-9-6-12(9)3-4-12/h2,9H,1,3-8H2,(H,14,16). The fourth-order valence-electron chi connectivity index (χ4n) is 2.69. The minimum Gasteiger partial charge on any atom is -0.338 e. The molecule has 1 atom stereocenters. The lowest BCUT2D eigenvalue weighted by atomic mass is 10.2. The monoisotopic (exact) mass is 224 g/mol. The van der Waals surface area contributed by atoms with Crippen LogP contribution in [0.1, 0.15) is 25.7 Å². The lowest BCUT2D eigenvalue weighted by Gasteiger charge is -2.24. The summed E-state index contributed by atoms with van der Waals surface area (Å²) in [5.41, 5.74) is 0.625. The summed E-state index contributed by atoms with van der Waals surface area (Å²) >= 11 is 0. The summed E-state index contributed by atoms with van der Waals surface area (Å²) in [5.74, 6) is 0.508. The number of urea groups is 1. The predicted molar refractivity (Wildman–Crippen MR) is 58.6 cm³/mol. The smallest absolute Gasteiger partial charge is 0.317 e. The molecule has 0 bridgehead atoms. The van der Waals surface area contributed by atoms with Gasteiger partial charge in [-0.3, -0.25) is 0 Å². The van der Waals surface area contributed by atoms with E-state index in [2.05, 4.69) is 5.32 Å². The molecule has 1 N–H and O–H groups in total. The fraction of sp³-hybridized carbons (Fsp3) is 0.750. The number of amides is 2. The summed E-state index contributed by atoms with van der Waals surface area (Å²) < 4.78 is 13.0. The second kappa shape index (κ2) is 3.47. The Balaban J connectivity index is 1.44. The number of nitrogens with zero attached hydrogens (tertiary/aromatic N) is 1. The van der Waals surface area contributed by atoms with Gasteiger partial charge in [-0.05, 0) is 43.1 Å². The van der Waals surface area contributed by atoms with E-state index in [0.29, 0.717) is 24.3 Å². The van der Waals surface area contributed by atoms with Crippen molar-refractivity contribution in [3.05, 3.63) is 11.9 Å². The Hall–Kier alpha value is -1.06. The molecule has 4 heteroatoms. The number of carbonyl (C=O) groups excluding carboxylic acids is 1. The Bertz CT molecular complexity index is 349. The summed E-state index contributed by atoms with van der Waals surface area (Å²) in [4.78, 5) is 13.3. The van der Waals surface area contributed by atoms with Crippen LogP contribution in [0, 0.1) is 11.3 Å². The Morgan fingerprint density at radius 3 is 3.06 bits per heavy atom. The molecule has 1 unspecified atom stereocenters. The quantitative estimate of drug-likeness (QED) is 0.765. The zero-order chi connectivity index (χ0) is 11.2. The van der Waals surface area contributed by atoms with E-state index in [9.17, 15) is 9.18 Å². The van der Waals surface area contributed by atoms with Crippen LogP contribution in [0.5, 0.6) is 0 Å². The van der Waals surface area contributed by atoms with Gasteiger partial charge >= 0.3 is 6.03 Å². The van der Waals surface area contributed by atoms with E-state index in [4.69, 9.17) is 0 Å². The number of hydrogen-bond donors (Lipinski definition) is 1. The van der Waals surface area contributed by atoms with Gasteiger partial charge in [-0.15, -0.1) is 0 Å². The third-order valence-corrected chi connectivity index (χ3v) is 4.14. The molecule has 16 heavy (non-hydrogen) atoms. The van der Waals surface area contributed by atoms with E-state index in [0.717, 1.165) is 6.54 Å². The lowest BCUT2D eigenvalue weighted by molar-refractivity contribution is 0.196. The van der Waals surface area contributed by atoms with Crippen LogP contribution in [0.15, 0.2) is 11.9 Å². The molecule has 1 heterocycles. The van der Waals surface area contributed by atoms with Gasteiger partial charge in [-0.2, -0.15) is 0 Å². The normalized spacial score (nSPS) is 29.9. The molecule has 2 amide bonds. The topological polar surface area (TPSA) is 32.3 Å². The minimum absolute atomic E-state index is 0.106. The molecule has 3 aliphatic rings. The Morgan fingerprint density at radius 2 is 2.44 bits per heavy atom. The van der Waals surface area contributed by atoms with Crippen molar-refractivity contribution in [3.63, 3.8) is 0 Å². The summed E-state index contributed by atoms with van der Waals surface area (Å²) in [6.07, 6.45) is 6.15. The van der Waals surface area contributed by atoms with Gasteiger partial charge in [0.05, 0.1) is 6.54 Å². The zero-order valence-corrected chi connectivity index (χ0v) is 9.34. The van der Waals surface area contributed by atoms with Crippen LogP contribution in [0.25, 0.3) is 0 Å². The van der Waals surface area contributed by atoms with Gasteiger partial charge in [0, 0.05) is 13.1 Å². The molecule has 1 spiro atoms. The molecule has 0 aromatic carbocycles. The molecule has 2 fully saturated rings. The van der Waals surface area contributed by atoms with Crippen molar-refractivity contribution in [3.8, 4) is 0 Å². The Kier molecular flexibility index (Phi) is 2.19. The van der Waals surface area contributed by atoms with Crippen molar-refractivity contribution in [1.82, 2.24) is 10.2 Å². The van der Waals surface area contributed by atoms with Crippen LogP contribution in [-0.4, -0.2) is 30.6 Å². The van der Waals surface area contributed by atoms with Gasteiger partial charge in [0.25, 0.3) is 0 Å². The lowest BCUT2D eigenvalue weighted by Crippen LogP contribution is -2.43. The second-order valence-corrected chi connectivity index (χ2v) is 5.31. The molecular formula is C12H17FN2O. The maximum absolute atomic E-state index is 13.0. The van der Waals surface area contributed by atoms with Crippen molar-refractivity contribution in [2.45, 2.75) is 25.7 Å². The fourth-order valence-corrected chi connectivity index (χ4v) is 2.69. The first kappa shape index (κ1) is 10.1. The highest BCUT2D eigenvalue weighted by Gasteiger charge is 2.62. The van der Waals surface area contributed by atoms with Crippen molar-refractivity contribution < 1.29 is 9.18 Å². The molecule has 2 aliphatic carbocycles. The molecule has 0 aromatic rings. The number of halogens is 1. The summed E-state index contributed by atoms with van der Waals surface area (Å²) in [6, 6.07) is -0.106. The Morgan fingerprint density at radius 1 is 1.62 bits per heavy atom. The van der Waals surface area contributed by atoms with Gasteiger partial charge < -0.3 is 10.2 Å². The molecule has 3 nitrogen and oxygen atoms in total. The van der Waals surface area contributed by atoms with E-state index in [1.54, 1.807) is 11.0 Å². The average Bonchev–Trinajstić information content (AvgIpc) is 3.17. The van der Waals surface area contributed by atoms with Crippen LogP contribution >= 0.6 is 0 Å². The van der Waals surface area contributed by atoms with Crippen LogP contribution in [-0.2, 0) is 0 Å². The maximum atomic E-state index is 13.0. The first-order valence-corrected chi connectivity index (χ1v) is 6.07. The number of hydrogen-bond acceptors (Lipinski definition) is 1. The van der Waals surface area contributed by atoms with Crippen LogP contribution in [0.3, 0.4) is 0 Å². The second-order valence-electron chi connectivity index (χ2n) is 5.31. The van der Waals surface area contributed by atoms with Gasteiger partial charge in [-0.1, -0.05) is 0 Å². The largest absolute Gasteiger partial charge is 0.338 e. The number of nitrogens with one attached hydrogen (secondary N) is 1. The molecule has 0 aromatic heterocycles. The van der Waals surface area contributed by atoms with Crippen molar-refractivity contribution in [2.75, 3.05) is 19.6 Å². The molecule has 0 radical (unpaired) electrons. The van der Waals surface area contributed by atoms with Crippen molar-refractivity contribution in [1.29, 1.82) is 0 Å². The van der Waals surface area contributed by atoms with Crippen molar-refractivity contribution in [2.24, 2.45) is 11.3 Å². The molecule has 2 saturated carbocycles. The van der Waals surface area contributed by atoms with E-state index in [1.165, 1.54) is 19.3 Å². The highest BCUT2D eigenvalue weighted by atomic mass is 19.1. The van der Waals surface area contributed by atoms with Crippen molar-refractivity contribution >= 4 is 6.03 Å². The minimum atomic E-state index is -0.188. The third kappa shape index (κ3) is 1.81. The SMILES string of the molecule is O=C(NCC1CC12CC2)N1CCC=C(F)C1. The highest BCUT2D eigenvalue weighted by molar-refractivity contribution is 5.74. The zero-order valence-electron chi connectivity index (χ0n) is 9.34. The van der Waals surface area contributed by atoms with E-state index in [-0.39, 0.29) is 18.4 Å². The van der Waals surface area contributed by atoms with Crippen LogP contribution < -0.4 is 5.32 Å². The summed E-state index contributed by atoms with van der Waals surface area (Å²) in [7, 11) is 0. The van der Waals surface area contributed by atoms with Gasteiger partial charge in [0.15, 0.2) is 0 Å². The Labute approximate surface area is 94.7 Å². The molecular weight excluding hydrogens is 207 g/mol. The first-order valence-electron chi connectivity index (χ1n) is 6.07.